The average molecular weight is 294 g/mol. The van der Waals surface area contributed by atoms with E-state index in [1.807, 2.05) is 11.3 Å². The third-order valence-corrected chi connectivity index (χ3v) is 3.45. The maximum Gasteiger partial charge on any atom is 0.00490 e. The van der Waals surface area contributed by atoms with Crippen LogP contribution in [-0.4, -0.2) is 0 Å². The van der Waals surface area contributed by atoms with E-state index >= 15 is 0 Å². The molecule has 16 heavy (non-hydrogen) atoms. The molecule has 0 nitrogen and oxygen atoms in total. The third kappa shape index (κ3) is 8.14. The van der Waals surface area contributed by atoms with Crippen LogP contribution in [-0.2, 0) is 6.42 Å². The predicted molar refractivity (Wildman–Crippen MR) is 89.4 cm³/mol. The summed E-state index contributed by atoms with van der Waals surface area (Å²) in [6.07, 6.45) is 6.77. The molecule has 0 saturated carbocycles. The van der Waals surface area contributed by atoms with Gasteiger partial charge in [-0.15, -0.1) is 29.2 Å². The predicted octanol–water partition coefficient (Wildman–Crippen LogP) is 5.73. The topological polar surface area (TPSA) is 0 Å². The van der Waals surface area contributed by atoms with Gasteiger partial charge in [-0.25, -0.2) is 0 Å². The van der Waals surface area contributed by atoms with Crippen molar-refractivity contribution in [3.05, 3.63) is 21.4 Å². The zero-order chi connectivity index (χ0) is 12.4. The standard InChI is InChI=1S/C12H20S.H5P3/c1-4-5-6-7-8-12-9-10(2)13-11(12)3;1-3-2/h9H,4-8H2,1-3H3;3H,1-2H2. The van der Waals surface area contributed by atoms with Crippen LogP contribution in [0.25, 0.3) is 0 Å². The first-order valence-corrected chi connectivity index (χ1v) is 11.3. The van der Waals surface area contributed by atoms with E-state index in [-0.39, 0.29) is 0 Å². The first-order valence-electron chi connectivity index (χ1n) is 5.87. The van der Waals surface area contributed by atoms with Gasteiger partial charge in [-0.1, -0.05) is 34.1 Å². The quantitative estimate of drug-likeness (QED) is 0.480. The van der Waals surface area contributed by atoms with Crippen molar-refractivity contribution in [3.63, 3.8) is 0 Å². The zero-order valence-corrected chi connectivity index (χ0v) is 14.8. The minimum atomic E-state index is 0.917. The summed E-state index contributed by atoms with van der Waals surface area (Å²) >= 11 is 1.93. The smallest absolute Gasteiger partial charge is 0.00490 e. The van der Waals surface area contributed by atoms with Crippen LogP contribution in [0.1, 0.15) is 47.9 Å². The SMILES string of the molecule is CCCCCCc1cc(C)sc1C.PPP. The Labute approximate surface area is 111 Å². The van der Waals surface area contributed by atoms with E-state index in [1.54, 1.807) is 5.56 Å². The van der Waals surface area contributed by atoms with Gasteiger partial charge in [0.2, 0.25) is 0 Å². The molecular formula is C12H25P3S. The molecule has 0 N–H and O–H groups in total. The van der Waals surface area contributed by atoms with Gasteiger partial charge in [-0.05, 0) is 38.3 Å². The van der Waals surface area contributed by atoms with Crippen molar-refractivity contribution in [2.45, 2.75) is 52.9 Å². The lowest BCUT2D eigenvalue weighted by Gasteiger charge is -1.98. The molecule has 0 spiro atoms. The van der Waals surface area contributed by atoms with Crippen LogP contribution in [0.2, 0.25) is 0 Å². The van der Waals surface area contributed by atoms with Gasteiger partial charge in [-0.2, -0.15) is 0 Å². The first kappa shape index (κ1) is 17.0. The van der Waals surface area contributed by atoms with Crippen LogP contribution in [0.3, 0.4) is 0 Å². The Balaban J connectivity index is 0.000000673. The van der Waals surface area contributed by atoms with Gasteiger partial charge in [0, 0.05) is 9.75 Å². The second kappa shape index (κ2) is 11.1. The number of hydrogen-bond donors (Lipinski definition) is 0. The van der Waals surface area contributed by atoms with Gasteiger partial charge < -0.3 is 0 Å². The Bertz CT molecular complexity index is 271. The lowest BCUT2D eigenvalue weighted by atomic mass is 10.1. The number of unbranched alkanes of at least 4 members (excludes halogenated alkanes) is 3. The number of aryl methyl sites for hydroxylation is 3. The maximum atomic E-state index is 2.57. The van der Waals surface area contributed by atoms with Crippen LogP contribution in [0.4, 0.5) is 0 Å². The molecule has 0 amide bonds. The molecule has 0 aliphatic carbocycles. The monoisotopic (exact) mass is 294 g/mol. The molecule has 0 aliphatic rings. The summed E-state index contributed by atoms with van der Waals surface area (Å²) in [5.41, 5.74) is 1.58. The maximum absolute atomic E-state index is 2.57. The van der Waals surface area contributed by atoms with E-state index in [1.165, 1.54) is 41.9 Å². The minimum Gasteiger partial charge on any atom is -0.146 e. The first-order chi connectivity index (χ1) is 7.65. The second-order valence-electron chi connectivity index (χ2n) is 3.92. The number of thiophene rings is 1. The van der Waals surface area contributed by atoms with Gasteiger partial charge in [-0.3, -0.25) is 0 Å². The van der Waals surface area contributed by atoms with Crippen molar-refractivity contribution in [2.75, 3.05) is 0 Å². The largest absolute Gasteiger partial charge is 0.146 e. The van der Waals surface area contributed by atoms with Crippen molar-refractivity contribution in [1.29, 1.82) is 0 Å². The van der Waals surface area contributed by atoms with Crippen molar-refractivity contribution >= 4 is 37.2 Å². The van der Waals surface area contributed by atoms with E-state index in [0.717, 1.165) is 7.96 Å². The molecule has 4 heteroatoms. The summed E-state index contributed by atoms with van der Waals surface area (Å²) in [6, 6.07) is 2.35. The van der Waals surface area contributed by atoms with Crippen LogP contribution in [0, 0.1) is 13.8 Å². The van der Waals surface area contributed by atoms with Crippen LogP contribution in [0.5, 0.6) is 0 Å². The lowest BCUT2D eigenvalue weighted by Crippen LogP contribution is -1.84. The number of rotatable bonds is 5. The highest BCUT2D eigenvalue weighted by Crippen LogP contribution is 2.28. The van der Waals surface area contributed by atoms with Gasteiger partial charge in [0.25, 0.3) is 0 Å². The molecule has 1 rings (SSSR count). The Hall–Kier alpha value is 0.990. The summed E-state index contributed by atoms with van der Waals surface area (Å²) in [5.74, 6) is 0. The fourth-order valence-corrected chi connectivity index (χ4v) is 2.65. The molecule has 1 heterocycles. The summed E-state index contributed by atoms with van der Waals surface area (Å²) < 4.78 is 0. The lowest BCUT2D eigenvalue weighted by molar-refractivity contribution is 0.666. The van der Waals surface area contributed by atoms with Crippen LogP contribution < -0.4 is 0 Å². The highest BCUT2D eigenvalue weighted by Gasteiger charge is 2.01. The molecular weight excluding hydrogens is 269 g/mol. The molecule has 1 aromatic heterocycles. The molecule has 0 saturated heterocycles. The van der Waals surface area contributed by atoms with Crippen molar-refractivity contribution in [2.24, 2.45) is 0 Å². The fourth-order valence-electron chi connectivity index (χ4n) is 1.67. The summed E-state index contributed by atoms with van der Waals surface area (Å²) in [4.78, 5) is 2.98. The zero-order valence-electron chi connectivity index (χ0n) is 10.7. The Morgan fingerprint density at radius 3 is 2.25 bits per heavy atom. The molecule has 0 fully saturated rings. The highest BCUT2D eigenvalue weighted by atomic mass is 32.4. The van der Waals surface area contributed by atoms with Gasteiger partial charge >= 0.3 is 0 Å². The fraction of sp³-hybridized carbons (Fsp3) is 0.667. The molecule has 0 bridgehead atoms. The molecule has 0 aliphatic heterocycles. The van der Waals surface area contributed by atoms with E-state index in [2.05, 4.69) is 44.7 Å². The average Bonchev–Trinajstić information content (AvgIpc) is 2.54. The van der Waals surface area contributed by atoms with Crippen LogP contribution >= 0.6 is 37.2 Å². The Kier molecular flexibility index (Phi) is 11.8. The second-order valence-corrected chi connectivity index (χ2v) is 9.71. The van der Waals surface area contributed by atoms with Gasteiger partial charge in [0.15, 0.2) is 0 Å². The molecule has 94 valence electrons. The third-order valence-electron chi connectivity index (χ3n) is 2.44. The molecule has 1 aromatic rings. The Morgan fingerprint density at radius 2 is 1.81 bits per heavy atom. The molecule has 0 aromatic carbocycles. The molecule has 0 radical (unpaired) electrons. The van der Waals surface area contributed by atoms with Crippen molar-refractivity contribution in [1.82, 2.24) is 0 Å². The summed E-state index contributed by atoms with van der Waals surface area (Å²) in [5, 5.41) is 0. The van der Waals surface area contributed by atoms with E-state index in [4.69, 9.17) is 0 Å². The summed E-state index contributed by atoms with van der Waals surface area (Å²) in [6.45, 7) is 6.71. The van der Waals surface area contributed by atoms with Crippen LogP contribution in [0.15, 0.2) is 6.07 Å². The molecule has 2 unspecified atom stereocenters. The van der Waals surface area contributed by atoms with Crippen molar-refractivity contribution in [3.8, 4) is 0 Å². The Morgan fingerprint density at radius 1 is 1.19 bits per heavy atom. The van der Waals surface area contributed by atoms with Gasteiger partial charge in [0.05, 0.1) is 0 Å². The van der Waals surface area contributed by atoms with Gasteiger partial charge in [0.1, 0.15) is 0 Å². The van der Waals surface area contributed by atoms with Crippen molar-refractivity contribution < 1.29 is 0 Å². The van der Waals surface area contributed by atoms with E-state index < -0.39 is 0 Å². The summed E-state index contributed by atoms with van der Waals surface area (Å²) in [7, 11) is 6.06. The van der Waals surface area contributed by atoms with E-state index in [0.29, 0.717) is 0 Å². The number of hydrogen-bond acceptors (Lipinski definition) is 1. The van der Waals surface area contributed by atoms with E-state index in [9.17, 15) is 0 Å². The normalized spacial score (nSPS) is 9.81. The highest BCUT2D eigenvalue weighted by molar-refractivity contribution is 8.33. The minimum absolute atomic E-state index is 0.917. The molecule has 2 atom stereocenters.